The summed E-state index contributed by atoms with van der Waals surface area (Å²) in [5.74, 6) is 0.964. The van der Waals surface area contributed by atoms with Gasteiger partial charge in [0, 0.05) is 45.7 Å². The lowest BCUT2D eigenvalue weighted by molar-refractivity contribution is -0.130. The number of aryl methyl sites for hydroxylation is 1. The number of likely N-dealkylation sites (N-methyl/N-ethyl adjacent to an activating group) is 1. The van der Waals surface area contributed by atoms with Crippen LogP contribution in [0.5, 0.6) is 0 Å². The second-order valence-corrected chi connectivity index (χ2v) is 10.2. The van der Waals surface area contributed by atoms with Crippen LogP contribution in [0.4, 0.5) is 0 Å². The van der Waals surface area contributed by atoms with Gasteiger partial charge >= 0.3 is 0 Å². The summed E-state index contributed by atoms with van der Waals surface area (Å²) in [6.45, 7) is 4.49. The van der Waals surface area contributed by atoms with Gasteiger partial charge in [-0.1, -0.05) is 36.4 Å². The molecule has 0 fully saturated rings. The maximum atomic E-state index is 12.7. The molecule has 0 atom stereocenters. The van der Waals surface area contributed by atoms with Gasteiger partial charge in [0.15, 0.2) is 0 Å². The fourth-order valence-corrected chi connectivity index (χ4v) is 4.88. The number of hydrogen-bond donors (Lipinski definition) is 1. The van der Waals surface area contributed by atoms with E-state index in [0.29, 0.717) is 25.9 Å². The number of nitrogens with zero attached hydrogens (tertiary/aromatic N) is 3. The lowest BCUT2D eigenvalue weighted by atomic mass is 10.1. The standard InChI is InChI=1S/C24H32N4O3S/c1-19-6-4-7-22(18-19)32(30,31)28(3)16-5-8-23(29)27(2)17-13-20-9-11-21(12-10-20)24-25-14-15-26-24/h4,6-7,9-12,18H,5,8,13-17H2,1-3H3,(H,25,26). The fourth-order valence-electron chi connectivity index (χ4n) is 3.56. The summed E-state index contributed by atoms with van der Waals surface area (Å²) in [5, 5.41) is 3.26. The van der Waals surface area contributed by atoms with Crippen LogP contribution in [0.2, 0.25) is 0 Å². The molecule has 0 spiro atoms. The third-order valence-electron chi connectivity index (χ3n) is 5.62. The van der Waals surface area contributed by atoms with E-state index in [2.05, 4.69) is 34.6 Å². The second-order valence-electron chi connectivity index (χ2n) is 8.17. The molecule has 0 bridgehead atoms. The van der Waals surface area contributed by atoms with Crippen LogP contribution >= 0.6 is 0 Å². The molecule has 0 saturated carbocycles. The molecule has 2 aromatic carbocycles. The molecule has 7 nitrogen and oxygen atoms in total. The third-order valence-corrected chi connectivity index (χ3v) is 7.48. The van der Waals surface area contributed by atoms with E-state index in [0.717, 1.165) is 42.0 Å². The van der Waals surface area contributed by atoms with Gasteiger partial charge in [0.25, 0.3) is 0 Å². The molecule has 8 heteroatoms. The van der Waals surface area contributed by atoms with Crippen molar-refractivity contribution in [1.29, 1.82) is 0 Å². The number of sulfonamides is 1. The maximum absolute atomic E-state index is 12.7. The predicted octanol–water partition coefficient (Wildman–Crippen LogP) is 2.45. The average molecular weight is 457 g/mol. The normalized spacial score (nSPS) is 13.7. The monoisotopic (exact) mass is 456 g/mol. The van der Waals surface area contributed by atoms with Crippen molar-refractivity contribution in [3.05, 3.63) is 65.2 Å². The van der Waals surface area contributed by atoms with Crippen molar-refractivity contribution in [3.63, 3.8) is 0 Å². The quantitative estimate of drug-likeness (QED) is 0.595. The summed E-state index contributed by atoms with van der Waals surface area (Å²) in [6, 6.07) is 15.1. The highest BCUT2D eigenvalue weighted by Gasteiger charge is 2.21. The van der Waals surface area contributed by atoms with E-state index >= 15 is 0 Å². The van der Waals surface area contributed by atoms with Gasteiger partial charge in [0.2, 0.25) is 15.9 Å². The fraction of sp³-hybridized carbons (Fsp3) is 0.417. The molecular formula is C24H32N4O3S. The zero-order valence-electron chi connectivity index (χ0n) is 19.0. The van der Waals surface area contributed by atoms with Crippen LogP contribution < -0.4 is 5.32 Å². The van der Waals surface area contributed by atoms with Crippen molar-refractivity contribution in [2.24, 2.45) is 4.99 Å². The van der Waals surface area contributed by atoms with Crippen LogP contribution in [0.15, 0.2) is 58.4 Å². The van der Waals surface area contributed by atoms with Crippen molar-refractivity contribution in [2.45, 2.75) is 31.1 Å². The smallest absolute Gasteiger partial charge is 0.242 e. The molecule has 1 N–H and O–H groups in total. The molecule has 2 aromatic rings. The molecule has 0 unspecified atom stereocenters. The van der Waals surface area contributed by atoms with Gasteiger partial charge in [-0.2, -0.15) is 0 Å². The molecule has 1 amide bonds. The van der Waals surface area contributed by atoms with E-state index in [-0.39, 0.29) is 10.8 Å². The van der Waals surface area contributed by atoms with Gasteiger partial charge in [0.05, 0.1) is 11.4 Å². The maximum Gasteiger partial charge on any atom is 0.242 e. The topological polar surface area (TPSA) is 82.1 Å². The summed E-state index contributed by atoms with van der Waals surface area (Å²) in [5.41, 5.74) is 3.14. The molecule has 172 valence electrons. The Balaban J connectivity index is 1.42. The number of benzene rings is 2. The van der Waals surface area contributed by atoms with E-state index in [1.54, 1.807) is 37.2 Å². The Morgan fingerprint density at radius 1 is 1.09 bits per heavy atom. The first-order valence-corrected chi connectivity index (χ1v) is 12.4. The Labute approximate surface area is 191 Å². The summed E-state index contributed by atoms with van der Waals surface area (Å²) in [6.07, 6.45) is 1.56. The highest BCUT2D eigenvalue weighted by molar-refractivity contribution is 7.89. The van der Waals surface area contributed by atoms with Crippen molar-refractivity contribution in [2.75, 3.05) is 40.3 Å². The zero-order chi connectivity index (χ0) is 23.1. The van der Waals surface area contributed by atoms with Crippen LogP contribution in [-0.2, 0) is 21.2 Å². The van der Waals surface area contributed by atoms with Crippen molar-refractivity contribution in [3.8, 4) is 0 Å². The van der Waals surface area contributed by atoms with E-state index in [1.165, 1.54) is 4.31 Å². The Kier molecular flexibility index (Phi) is 8.04. The van der Waals surface area contributed by atoms with E-state index in [9.17, 15) is 13.2 Å². The zero-order valence-corrected chi connectivity index (χ0v) is 19.9. The van der Waals surface area contributed by atoms with Gasteiger partial charge in [-0.05, 0) is 43.0 Å². The Morgan fingerprint density at radius 3 is 2.50 bits per heavy atom. The van der Waals surface area contributed by atoms with E-state index < -0.39 is 10.0 Å². The number of carbonyl (C=O) groups excluding carboxylic acids is 1. The average Bonchev–Trinajstić information content (AvgIpc) is 3.32. The second kappa shape index (κ2) is 10.7. The minimum absolute atomic E-state index is 0.0208. The van der Waals surface area contributed by atoms with Gasteiger partial charge in [-0.15, -0.1) is 0 Å². The van der Waals surface area contributed by atoms with E-state index in [1.807, 2.05) is 13.0 Å². The molecule has 1 aliphatic heterocycles. The Hall–Kier alpha value is -2.71. The first-order chi connectivity index (χ1) is 15.3. The Bertz CT molecular complexity index is 1060. The minimum Gasteiger partial charge on any atom is -0.368 e. The number of amidine groups is 1. The number of amides is 1. The highest BCUT2D eigenvalue weighted by atomic mass is 32.2. The third kappa shape index (κ3) is 6.17. The molecular weight excluding hydrogens is 424 g/mol. The van der Waals surface area contributed by atoms with Crippen LogP contribution in [0, 0.1) is 6.92 Å². The lowest BCUT2D eigenvalue weighted by Gasteiger charge is -2.20. The van der Waals surface area contributed by atoms with Gasteiger partial charge in [0.1, 0.15) is 5.84 Å². The largest absolute Gasteiger partial charge is 0.368 e. The van der Waals surface area contributed by atoms with Gasteiger partial charge in [-0.25, -0.2) is 12.7 Å². The number of aliphatic imine (C=N–C) groups is 1. The molecule has 1 aliphatic rings. The Morgan fingerprint density at radius 2 is 1.84 bits per heavy atom. The molecule has 3 rings (SSSR count). The molecule has 0 radical (unpaired) electrons. The van der Waals surface area contributed by atoms with Gasteiger partial charge in [-0.3, -0.25) is 9.79 Å². The van der Waals surface area contributed by atoms with Crippen molar-refractivity contribution in [1.82, 2.24) is 14.5 Å². The predicted molar refractivity (Wildman–Crippen MR) is 127 cm³/mol. The SMILES string of the molecule is Cc1cccc(S(=O)(=O)N(C)CCCC(=O)N(C)CCc2ccc(C3=NCCN3)cc2)c1. The van der Waals surface area contributed by atoms with E-state index in [4.69, 9.17) is 0 Å². The van der Waals surface area contributed by atoms with Crippen LogP contribution in [0.25, 0.3) is 0 Å². The molecule has 0 aromatic heterocycles. The van der Waals surface area contributed by atoms with Crippen LogP contribution in [0.1, 0.15) is 29.5 Å². The van der Waals surface area contributed by atoms with Crippen molar-refractivity contribution >= 4 is 21.8 Å². The first-order valence-electron chi connectivity index (χ1n) is 10.9. The molecule has 0 aliphatic carbocycles. The van der Waals surface area contributed by atoms with Crippen LogP contribution in [-0.4, -0.2) is 69.6 Å². The molecule has 32 heavy (non-hydrogen) atoms. The number of hydrogen-bond acceptors (Lipinski definition) is 5. The summed E-state index contributed by atoms with van der Waals surface area (Å²) in [7, 11) is -0.190. The van der Waals surface area contributed by atoms with Gasteiger partial charge < -0.3 is 10.2 Å². The summed E-state index contributed by atoms with van der Waals surface area (Å²) < 4.78 is 26.7. The number of carbonyl (C=O) groups is 1. The number of rotatable bonds is 10. The van der Waals surface area contributed by atoms with Crippen molar-refractivity contribution < 1.29 is 13.2 Å². The summed E-state index contributed by atoms with van der Waals surface area (Å²) in [4.78, 5) is 18.9. The minimum atomic E-state index is -3.54. The summed E-state index contributed by atoms with van der Waals surface area (Å²) >= 11 is 0. The molecule has 0 saturated heterocycles. The molecule has 1 heterocycles. The first kappa shape index (κ1) is 23.9. The van der Waals surface area contributed by atoms with Crippen LogP contribution in [0.3, 0.4) is 0 Å². The number of nitrogens with one attached hydrogen (secondary N) is 1. The highest BCUT2D eigenvalue weighted by Crippen LogP contribution is 2.16. The lowest BCUT2D eigenvalue weighted by Crippen LogP contribution is -2.31.